The van der Waals surface area contributed by atoms with Crippen molar-refractivity contribution in [3.63, 3.8) is 0 Å². The van der Waals surface area contributed by atoms with Crippen LogP contribution in [0.5, 0.6) is 0 Å². The van der Waals surface area contributed by atoms with Crippen LogP contribution in [0.1, 0.15) is 24.1 Å². The summed E-state index contributed by atoms with van der Waals surface area (Å²) >= 11 is 0. The van der Waals surface area contributed by atoms with Crippen molar-refractivity contribution in [2.24, 2.45) is 0 Å². The van der Waals surface area contributed by atoms with E-state index in [4.69, 9.17) is 10.5 Å². The Morgan fingerprint density at radius 1 is 1.53 bits per heavy atom. The third-order valence-corrected chi connectivity index (χ3v) is 3.53. The summed E-state index contributed by atoms with van der Waals surface area (Å²) in [5.74, 6) is 0.659. The number of nitrogens with two attached hydrogens (primary N) is 1. The molecule has 0 radical (unpaired) electrons. The molecule has 1 saturated heterocycles. The van der Waals surface area contributed by atoms with Gasteiger partial charge in [-0.2, -0.15) is 5.10 Å². The minimum atomic E-state index is 0. The van der Waals surface area contributed by atoms with Gasteiger partial charge in [-0.1, -0.05) is 0 Å². The van der Waals surface area contributed by atoms with Gasteiger partial charge in [-0.25, -0.2) is 0 Å². The summed E-state index contributed by atoms with van der Waals surface area (Å²) < 4.78 is 5.66. The SMILES string of the molecule is Cl.Nc1n[nH]c2c1CN(CC1CCCO1)CC2. The number of nitrogens with one attached hydrogen (secondary N) is 1. The molecule has 1 aromatic rings. The molecule has 1 unspecified atom stereocenters. The number of hydrogen-bond donors (Lipinski definition) is 2. The van der Waals surface area contributed by atoms with Gasteiger partial charge < -0.3 is 10.5 Å². The maximum atomic E-state index is 5.83. The van der Waals surface area contributed by atoms with E-state index < -0.39 is 0 Å². The van der Waals surface area contributed by atoms with Crippen LogP contribution in [-0.4, -0.2) is 40.9 Å². The van der Waals surface area contributed by atoms with Crippen LogP contribution in [0, 0.1) is 0 Å². The number of nitrogen functional groups attached to an aromatic ring is 1. The molecular formula is C11H19ClN4O. The van der Waals surface area contributed by atoms with Gasteiger partial charge in [0.1, 0.15) is 5.82 Å². The quantitative estimate of drug-likeness (QED) is 0.829. The van der Waals surface area contributed by atoms with Crippen LogP contribution < -0.4 is 5.73 Å². The van der Waals surface area contributed by atoms with E-state index in [-0.39, 0.29) is 12.4 Å². The molecule has 0 aromatic carbocycles. The van der Waals surface area contributed by atoms with Gasteiger partial charge in [-0.3, -0.25) is 10.00 Å². The predicted molar refractivity (Wildman–Crippen MR) is 68.2 cm³/mol. The number of aromatic amines is 1. The summed E-state index contributed by atoms with van der Waals surface area (Å²) in [5.41, 5.74) is 8.23. The van der Waals surface area contributed by atoms with Crippen LogP contribution in [0.25, 0.3) is 0 Å². The van der Waals surface area contributed by atoms with E-state index in [0.717, 1.165) is 32.7 Å². The number of H-pyrrole nitrogens is 1. The Morgan fingerprint density at radius 2 is 2.41 bits per heavy atom. The monoisotopic (exact) mass is 258 g/mol. The van der Waals surface area contributed by atoms with Crippen molar-refractivity contribution >= 4 is 18.2 Å². The molecule has 3 rings (SSSR count). The van der Waals surface area contributed by atoms with Crippen molar-refractivity contribution in [1.29, 1.82) is 0 Å². The largest absolute Gasteiger partial charge is 0.382 e. The third kappa shape index (κ3) is 2.56. The Morgan fingerprint density at radius 3 is 3.18 bits per heavy atom. The third-order valence-electron chi connectivity index (χ3n) is 3.53. The van der Waals surface area contributed by atoms with Gasteiger partial charge in [0.25, 0.3) is 0 Å². The lowest BCUT2D eigenvalue weighted by molar-refractivity contribution is 0.0688. The number of rotatable bonds is 2. The van der Waals surface area contributed by atoms with Gasteiger partial charge in [0.05, 0.1) is 6.10 Å². The van der Waals surface area contributed by atoms with Gasteiger partial charge in [0.2, 0.25) is 0 Å². The van der Waals surface area contributed by atoms with E-state index in [1.165, 1.54) is 24.1 Å². The van der Waals surface area contributed by atoms with Crippen molar-refractivity contribution < 1.29 is 4.74 Å². The second-order valence-corrected chi connectivity index (χ2v) is 4.69. The first-order valence-corrected chi connectivity index (χ1v) is 5.98. The topological polar surface area (TPSA) is 67.2 Å². The number of halogens is 1. The molecule has 2 aliphatic rings. The van der Waals surface area contributed by atoms with Crippen molar-refractivity contribution in [1.82, 2.24) is 15.1 Å². The number of nitrogens with zero attached hydrogens (tertiary/aromatic N) is 2. The maximum absolute atomic E-state index is 5.83. The molecule has 3 N–H and O–H groups in total. The Balaban J connectivity index is 0.00000108. The average molecular weight is 259 g/mol. The Kier molecular flexibility index (Phi) is 3.91. The Bertz CT molecular complexity index is 376. The van der Waals surface area contributed by atoms with Gasteiger partial charge in [0, 0.05) is 43.9 Å². The van der Waals surface area contributed by atoms with Crippen LogP contribution in [-0.2, 0) is 17.7 Å². The summed E-state index contributed by atoms with van der Waals surface area (Å²) in [4.78, 5) is 2.42. The normalized spacial score (nSPS) is 24.4. The summed E-state index contributed by atoms with van der Waals surface area (Å²) in [7, 11) is 0. The van der Waals surface area contributed by atoms with Crippen molar-refractivity contribution in [3.8, 4) is 0 Å². The van der Waals surface area contributed by atoms with E-state index in [0.29, 0.717) is 11.9 Å². The first-order valence-electron chi connectivity index (χ1n) is 5.98. The Labute approximate surface area is 107 Å². The molecule has 3 heterocycles. The fourth-order valence-corrected chi connectivity index (χ4v) is 2.61. The first-order chi connectivity index (χ1) is 7.83. The minimum Gasteiger partial charge on any atom is -0.382 e. The highest BCUT2D eigenvalue weighted by molar-refractivity contribution is 5.85. The van der Waals surface area contributed by atoms with Crippen LogP contribution in [0.2, 0.25) is 0 Å². The van der Waals surface area contributed by atoms with E-state index in [9.17, 15) is 0 Å². The molecule has 2 aliphatic heterocycles. The molecule has 1 atom stereocenters. The van der Waals surface area contributed by atoms with E-state index in [1.807, 2.05) is 0 Å². The molecule has 0 saturated carbocycles. The van der Waals surface area contributed by atoms with Crippen molar-refractivity contribution in [2.45, 2.75) is 31.9 Å². The molecule has 0 amide bonds. The van der Waals surface area contributed by atoms with Crippen LogP contribution >= 0.6 is 12.4 Å². The van der Waals surface area contributed by atoms with Crippen LogP contribution in [0.4, 0.5) is 5.82 Å². The number of fused-ring (bicyclic) bond motifs is 1. The molecule has 0 spiro atoms. The zero-order chi connectivity index (χ0) is 11.0. The fourth-order valence-electron chi connectivity index (χ4n) is 2.61. The molecule has 0 bridgehead atoms. The zero-order valence-electron chi connectivity index (χ0n) is 9.82. The van der Waals surface area contributed by atoms with E-state index in [2.05, 4.69) is 15.1 Å². The minimum absolute atomic E-state index is 0. The highest BCUT2D eigenvalue weighted by Gasteiger charge is 2.24. The van der Waals surface area contributed by atoms with Crippen LogP contribution in [0.15, 0.2) is 0 Å². The second kappa shape index (κ2) is 5.25. The van der Waals surface area contributed by atoms with Gasteiger partial charge in [0.15, 0.2) is 0 Å². The number of aromatic nitrogens is 2. The average Bonchev–Trinajstić information content (AvgIpc) is 2.90. The maximum Gasteiger partial charge on any atom is 0.149 e. The molecule has 1 aromatic heterocycles. The van der Waals surface area contributed by atoms with Crippen molar-refractivity contribution in [2.75, 3.05) is 25.4 Å². The standard InChI is InChI=1S/C11H18N4O.ClH/c12-11-9-7-15(4-3-10(9)13-14-11)6-8-2-1-5-16-8;/h8H,1-7H2,(H3,12,13,14);1H. The van der Waals surface area contributed by atoms with Gasteiger partial charge in [-0.15, -0.1) is 12.4 Å². The lowest BCUT2D eigenvalue weighted by Crippen LogP contribution is -2.36. The van der Waals surface area contributed by atoms with Crippen LogP contribution in [0.3, 0.4) is 0 Å². The summed E-state index contributed by atoms with van der Waals surface area (Å²) in [6, 6.07) is 0. The first kappa shape index (κ1) is 12.7. The highest BCUT2D eigenvalue weighted by atomic mass is 35.5. The highest BCUT2D eigenvalue weighted by Crippen LogP contribution is 2.23. The molecular weight excluding hydrogens is 240 g/mol. The lowest BCUT2D eigenvalue weighted by Gasteiger charge is -2.28. The van der Waals surface area contributed by atoms with Gasteiger partial charge >= 0.3 is 0 Å². The lowest BCUT2D eigenvalue weighted by atomic mass is 10.1. The molecule has 6 heteroatoms. The van der Waals surface area contributed by atoms with E-state index in [1.54, 1.807) is 0 Å². The Hall–Kier alpha value is -0.780. The second-order valence-electron chi connectivity index (χ2n) is 4.69. The smallest absolute Gasteiger partial charge is 0.149 e. The molecule has 1 fully saturated rings. The van der Waals surface area contributed by atoms with E-state index >= 15 is 0 Å². The number of hydrogen-bond acceptors (Lipinski definition) is 4. The summed E-state index contributed by atoms with van der Waals surface area (Å²) in [6.45, 7) is 3.95. The van der Waals surface area contributed by atoms with Gasteiger partial charge in [-0.05, 0) is 12.8 Å². The molecule has 5 nitrogen and oxygen atoms in total. The summed E-state index contributed by atoms with van der Waals surface area (Å²) in [6.07, 6.45) is 3.85. The number of ether oxygens (including phenoxy) is 1. The summed E-state index contributed by atoms with van der Waals surface area (Å²) in [5, 5.41) is 7.07. The zero-order valence-corrected chi connectivity index (χ0v) is 10.6. The fraction of sp³-hybridized carbons (Fsp3) is 0.727. The van der Waals surface area contributed by atoms with Crippen molar-refractivity contribution in [3.05, 3.63) is 11.3 Å². The number of anilines is 1. The predicted octanol–water partition coefficient (Wildman–Crippen LogP) is 0.951. The molecule has 0 aliphatic carbocycles. The molecule has 96 valence electrons. The molecule has 17 heavy (non-hydrogen) atoms.